The first-order valence-electron chi connectivity index (χ1n) is 10.8. The summed E-state index contributed by atoms with van der Waals surface area (Å²) in [7, 11) is 0. The van der Waals surface area contributed by atoms with Crippen LogP contribution < -0.4 is 17.3 Å². The van der Waals surface area contributed by atoms with Gasteiger partial charge in [-0.05, 0) is 24.5 Å². The number of quaternary nitrogens is 1. The SMILES string of the molecule is CC(C(O)c1ccccc1)[NH+](CCCc1ccccc1)CCC(=O)c1ccccc1.[Cl-]. The zero-order valence-electron chi connectivity index (χ0n) is 18.1. The van der Waals surface area contributed by atoms with Gasteiger partial charge in [-0.25, -0.2) is 0 Å². The van der Waals surface area contributed by atoms with Crippen molar-refractivity contribution in [1.29, 1.82) is 0 Å². The Bertz CT molecular complexity index is 887. The van der Waals surface area contributed by atoms with Crippen molar-refractivity contribution in [1.82, 2.24) is 0 Å². The summed E-state index contributed by atoms with van der Waals surface area (Å²) in [6.07, 6.45) is 1.96. The first kappa shape index (κ1) is 24.8. The van der Waals surface area contributed by atoms with Crippen LogP contribution in [0.2, 0.25) is 0 Å². The van der Waals surface area contributed by atoms with Crippen LogP contribution in [0.5, 0.6) is 0 Å². The molecule has 4 heteroatoms. The van der Waals surface area contributed by atoms with E-state index in [1.165, 1.54) is 10.5 Å². The third-order valence-corrected chi connectivity index (χ3v) is 5.83. The molecule has 3 atom stereocenters. The summed E-state index contributed by atoms with van der Waals surface area (Å²) < 4.78 is 0. The minimum absolute atomic E-state index is 0. The van der Waals surface area contributed by atoms with E-state index in [9.17, 15) is 9.90 Å². The zero-order chi connectivity index (χ0) is 21.2. The molecule has 0 aliphatic heterocycles. The monoisotopic (exact) mass is 437 g/mol. The van der Waals surface area contributed by atoms with E-state index in [2.05, 4.69) is 31.2 Å². The molecule has 3 aromatic carbocycles. The molecule has 0 spiro atoms. The summed E-state index contributed by atoms with van der Waals surface area (Å²) >= 11 is 0. The molecule has 0 heterocycles. The number of benzene rings is 3. The van der Waals surface area contributed by atoms with Crippen LogP contribution in [-0.4, -0.2) is 30.0 Å². The Hall–Kier alpha value is -2.46. The van der Waals surface area contributed by atoms with E-state index in [1.54, 1.807) is 0 Å². The molecule has 31 heavy (non-hydrogen) atoms. The van der Waals surface area contributed by atoms with Gasteiger partial charge in [0.25, 0.3) is 0 Å². The van der Waals surface area contributed by atoms with Crippen molar-refractivity contribution in [3.8, 4) is 0 Å². The van der Waals surface area contributed by atoms with Crippen molar-refractivity contribution in [2.45, 2.75) is 38.3 Å². The minimum atomic E-state index is -0.551. The number of hydrogen-bond acceptors (Lipinski definition) is 2. The van der Waals surface area contributed by atoms with Crippen molar-refractivity contribution >= 4 is 5.78 Å². The highest BCUT2D eigenvalue weighted by Crippen LogP contribution is 2.14. The fourth-order valence-corrected chi connectivity index (χ4v) is 3.95. The first-order valence-corrected chi connectivity index (χ1v) is 10.8. The Kier molecular flexibility index (Phi) is 10.5. The van der Waals surface area contributed by atoms with Crippen molar-refractivity contribution in [2.75, 3.05) is 13.1 Å². The average molecular weight is 438 g/mol. The topological polar surface area (TPSA) is 41.7 Å². The summed E-state index contributed by atoms with van der Waals surface area (Å²) in [5, 5.41) is 11.0. The van der Waals surface area contributed by atoms with Crippen LogP contribution in [0.3, 0.4) is 0 Å². The fraction of sp³-hybridized carbons (Fsp3) is 0.296. The Morgan fingerprint density at radius 1 is 0.839 bits per heavy atom. The van der Waals surface area contributed by atoms with Crippen LogP contribution in [0, 0.1) is 0 Å². The lowest BCUT2D eigenvalue weighted by Crippen LogP contribution is -3.16. The largest absolute Gasteiger partial charge is 1.00 e. The number of rotatable bonds is 11. The highest BCUT2D eigenvalue weighted by Gasteiger charge is 2.27. The second-order valence-electron chi connectivity index (χ2n) is 7.93. The molecule has 0 saturated heterocycles. The van der Waals surface area contributed by atoms with Crippen molar-refractivity contribution < 1.29 is 27.2 Å². The predicted molar refractivity (Wildman–Crippen MR) is 122 cm³/mol. The maximum absolute atomic E-state index is 12.6. The number of nitrogens with one attached hydrogen (secondary N) is 1. The summed E-state index contributed by atoms with van der Waals surface area (Å²) in [5.41, 5.74) is 3.02. The van der Waals surface area contributed by atoms with Crippen LogP contribution >= 0.6 is 0 Å². The molecule has 0 radical (unpaired) electrons. The number of hydrogen-bond donors (Lipinski definition) is 2. The number of Topliss-reactive ketones (excluding diaryl/α,β-unsaturated/α-hetero) is 1. The second-order valence-corrected chi connectivity index (χ2v) is 7.93. The van der Waals surface area contributed by atoms with E-state index < -0.39 is 6.10 Å². The molecule has 3 rings (SSSR count). The smallest absolute Gasteiger partial charge is 0.168 e. The number of ketones is 1. The second kappa shape index (κ2) is 13.1. The van der Waals surface area contributed by atoms with Gasteiger partial charge in [0, 0.05) is 12.0 Å². The van der Waals surface area contributed by atoms with Gasteiger partial charge in [-0.3, -0.25) is 4.79 Å². The van der Waals surface area contributed by atoms with Crippen LogP contribution in [0.4, 0.5) is 0 Å². The van der Waals surface area contributed by atoms with E-state index in [4.69, 9.17) is 0 Å². The number of carbonyl (C=O) groups excluding carboxylic acids is 1. The molecule has 0 amide bonds. The molecule has 0 aromatic heterocycles. The third-order valence-electron chi connectivity index (χ3n) is 5.83. The van der Waals surface area contributed by atoms with E-state index in [1.807, 2.05) is 66.7 Å². The van der Waals surface area contributed by atoms with Crippen LogP contribution in [0.15, 0.2) is 91.0 Å². The van der Waals surface area contributed by atoms with E-state index >= 15 is 0 Å². The number of aliphatic hydroxyl groups excluding tert-OH is 1. The molecule has 2 N–H and O–H groups in total. The molecule has 3 unspecified atom stereocenters. The number of halogens is 1. The molecule has 0 fully saturated rings. The maximum Gasteiger partial charge on any atom is 0.168 e. The third kappa shape index (κ3) is 7.62. The predicted octanol–water partition coefficient (Wildman–Crippen LogP) is 0.903. The van der Waals surface area contributed by atoms with Gasteiger partial charge in [-0.15, -0.1) is 0 Å². The Labute approximate surface area is 192 Å². The highest BCUT2D eigenvalue weighted by atomic mass is 35.5. The van der Waals surface area contributed by atoms with Gasteiger partial charge in [0.15, 0.2) is 5.78 Å². The number of aliphatic hydroxyl groups is 1. The van der Waals surface area contributed by atoms with Gasteiger partial charge in [-0.1, -0.05) is 91.0 Å². The summed E-state index contributed by atoms with van der Waals surface area (Å²) in [5.74, 6) is 0.164. The Morgan fingerprint density at radius 2 is 1.39 bits per heavy atom. The van der Waals surface area contributed by atoms with Gasteiger partial charge >= 0.3 is 0 Å². The van der Waals surface area contributed by atoms with E-state index in [0.717, 1.165) is 30.5 Å². The standard InChI is InChI=1S/C27H31NO2.ClH/c1-22(27(30)25-17-9-4-10-18-25)28(20-11-14-23-12-5-2-6-13-23)21-19-26(29)24-15-7-3-8-16-24;/h2-10,12-13,15-18,22,27,30H,11,14,19-21H2,1H3;1H. The van der Waals surface area contributed by atoms with E-state index in [0.29, 0.717) is 13.0 Å². The summed E-state index contributed by atoms with van der Waals surface area (Å²) in [6, 6.07) is 29.8. The van der Waals surface area contributed by atoms with Crippen LogP contribution in [0.1, 0.15) is 47.4 Å². The molecule has 0 bridgehead atoms. The quantitative estimate of drug-likeness (QED) is 0.438. The average Bonchev–Trinajstić information content (AvgIpc) is 2.82. The number of carbonyl (C=O) groups is 1. The van der Waals surface area contributed by atoms with Crippen molar-refractivity contribution in [2.24, 2.45) is 0 Å². The van der Waals surface area contributed by atoms with E-state index in [-0.39, 0.29) is 24.2 Å². The fourth-order valence-electron chi connectivity index (χ4n) is 3.95. The van der Waals surface area contributed by atoms with Gasteiger partial charge in [0.05, 0.1) is 19.5 Å². The van der Waals surface area contributed by atoms with Crippen molar-refractivity contribution in [3.05, 3.63) is 108 Å². The zero-order valence-corrected chi connectivity index (χ0v) is 18.8. The van der Waals surface area contributed by atoms with Crippen LogP contribution in [-0.2, 0) is 6.42 Å². The van der Waals surface area contributed by atoms with Gasteiger partial charge in [-0.2, -0.15) is 0 Å². The lowest BCUT2D eigenvalue weighted by atomic mass is 10.0. The molecule has 0 aliphatic carbocycles. The van der Waals surface area contributed by atoms with Gasteiger partial charge < -0.3 is 22.4 Å². The lowest BCUT2D eigenvalue weighted by Gasteiger charge is -2.29. The lowest BCUT2D eigenvalue weighted by molar-refractivity contribution is -0.927. The molecule has 3 aromatic rings. The molecular weight excluding hydrogens is 406 g/mol. The first-order chi connectivity index (χ1) is 14.6. The highest BCUT2D eigenvalue weighted by molar-refractivity contribution is 5.96. The maximum atomic E-state index is 12.6. The molecule has 0 saturated carbocycles. The molecular formula is C27H32ClNO2. The number of aryl methyl sites for hydroxylation is 1. The van der Waals surface area contributed by atoms with Crippen molar-refractivity contribution in [3.63, 3.8) is 0 Å². The molecule has 164 valence electrons. The minimum Gasteiger partial charge on any atom is -1.00 e. The Morgan fingerprint density at radius 3 is 2.00 bits per heavy atom. The van der Waals surface area contributed by atoms with Gasteiger partial charge in [0.1, 0.15) is 12.1 Å². The van der Waals surface area contributed by atoms with Crippen LogP contribution in [0.25, 0.3) is 0 Å². The summed E-state index contributed by atoms with van der Waals surface area (Å²) in [6.45, 7) is 3.72. The molecule has 0 aliphatic rings. The Balaban J connectivity index is 0.00000341. The van der Waals surface area contributed by atoms with Gasteiger partial charge in [0.2, 0.25) is 0 Å². The normalized spacial score (nSPS) is 13.6. The molecule has 3 nitrogen and oxygen atoms in total. The summed E-state index contributed by atoms with van der Waals surface area (Å²) in [4.78, 5) is 13.9.